The number of hydrogen-bond donors (Lipinski definition) is 0. The van der Waals surface area contributed by atoms with E-state index in [9.17, 15) is 0 Å². The number of para-hydroxylation sites is 1. The lowest BCUT2D eigenvalue weighted by Gasteiger charge is -2.16. The molecule has 15 heavy (non-hydrogen) atoms. The van der Waals surface area contributed by atoms with Crippen molar-refractivity contribution in [2.75, 3.05) is 0 Å². The fourth-order valence-corrected chi connectivity index (χ4v) is 1.47. The molecular formula is C13H18O2. The van der Waals surface area contributed by atoms with E-state index in [1.165, 1.54) is 12.8 Å². The first-order valence-corrected chi connectivity index (χ1v) is 5.59. The van der Waals surface area contributed by atoms with E-state index in [4.69, 9.17) is 9.47 Å². The third-order valence-electron chi connectivity index (χ3n) is 2.35. The Morgan fingerprint density at radius 3 is 2.60 bits per heavy atom. The Hall–Kier alpha value is -1.18. The molecule has 0 saturated heterocycles. The standard InChI is InChI=1S/C13H18O2/c1-9(2)14-13-10(3)5-4-6-12(13)15-11-7-8-11/h4-6,9,11H,7-8H2,1-3H3. The fourth-order valence-electron chi connectivity index (χ4n) is 1.47. The monoisotopic (exact) mass is 206 g/mol. The highest BCUT2D eigenvalue weighted by molar-refractivity contribution is 5.46. The van der Waals surface area contributed by atoms with Crippen molar-refractivity contribution in [1.29, 1.82) is 0 Å². The van der Waals surface area contributed by atoms with Crippen LogP contribution in [0.5, 0.6) is 11.5 Å². The number of ether oxygens (including phenoxy) is 2. The molecule has 1 aromatic carbocycles. The van der Waals surface area contributed by atoms with Gasteiger partial charge in [0.2, 0.25) is 0 Å². The van der Waals surface area contributed by atoms with E-state index >= 15 is 0 Å². The van der Waals surface area contributed by atoms with Crippen LogP contribution in [0.3, 0.4) is 0 Å². The maximum Gasteiger partial charge on any atom is 0.164 e. The SMILES string of the molecule is Cc1cccc(OC2CC2)c1OC(C)C. The van der Waals surface area contributed by atoms with Gasteiger partial charge in [0.1, 0.15) is 0 Å². The summed E-state index contributed by atoms with van der Waals surface area (Å²) in [5, 5.41) is 0. The molecule has 82 valence electrons. The largest absolute Gasteiger partial charge is 0.487 e. The molecule has 1 aliphatic rings. The molecule has 1 saturated carbocycles. The predicted molar refractivity (Wildman–Crippen MR) is 60.6 cm³/mol. The molecule has 2 nitrogen and oxygen atoms in total. The van der Waals surface area contributed by atoms with Gasteiger partial charge in [0, 0.05) is 0 Å². The quantitative estimate of drug-likeness (QED) is 0.752. The van der Waals surface area contributed by atoms with Crippen LogP contribution in [0.1, 0.15) is 32.3 Å². The first-order chi connectivity index (χ1) is 7.16. The van der Waals surface area contributed by atoms with Crippen molar-refractivity contribution in [3.8, 4) is 11.5 Å². The Bertz CT molecular complexity index is 340. The number of rotatable bonds is 4. The summed E-state index contributed by atoms with van der Waals surface area (Å²) in [5.74, 6) is 1.80. The lowest BCUT2D eigenvalue weighted by atomic mass is 10.2. The van der Waals surface area contributed by atoms with E-state index in [1.807, 2.05) is 26.0 Å². The Labute approximate surface area is 91.2 Å². The Morgan fingerprint density at radius 2 is 2.00 bits per heavy atom. The molecule has 2 heteroatoms. The summed E-state index contributed by atoms with van der Waals surface area (Å²) in [6.07, 6.45) is 2.96. The van der Waals surface area contributed by atoms with Crippen LogP contribution in [0.25, 0.3) is 0 Å². The lowest BCUT2D eigenvalue weighted by molar-refractivity contribution is 0.216. The van der Waals surface area contributed by atoms with Gasteiger partial charge in [-0.15, -0.1) is 0 Å². The summed E-state index contributed by atoms with van der Waals surface area (Å²) in [6, 6.07) is 6.06. The van der Waals surface area contributed by atoms with Gasteiger partial charge in [-0.25, -0.2) is 0 Å². The first kappa shape index (κ1) is 10.3. The van der Waals surface area contributed by atoms with E-state index in [2.05, 4.69) is 13.0 Å². The Balaban J connectivity index is 2.21. The maximum atomic E-state index is 5.81. The van der Waals surface area contributed by atoms with Crippen molar-refractivity contribution in [1.82, 2.24) is 0 Å². The van der Waals surface area contributed by atoms with Crippen molar-refractivity contribution in [2.45, 2.75) is 45.8 Å². The van der Waals surface area contributed by atoms with Crippen molar-refractivity contribution in [2.24, 2.45) is 0 Å². The second-order valence-electron chi connectivity index (χ2n) is 4.39. The van der Waals surface area contributed by atoms with Crippen LogP contribution in [0.15, 0.2) is 18.2 Å². The van der Waals surface area contributed by atoms with Crippen molar-refractivity contribution < 1.29 is 9.47 Å². The zero-order chi connectivity index (χ0) is 10.8. The minimum atomic E-state index is 0.188. The van der Waals surface area contributed by atoms with Gasteiger partial charge in [-0.05, 0) is 45.2 Å². The summed E-state index contributed by atoms with van der Waals surface area (Å²) in [7, 11) is 0. The third-order valence-corrected chi connectivity index (χ3v) is 2.35. The summed E-state index contributed by atoms with van der Waals surface area (Å²) < 4.78 is 11.6. The van der Waals surface area contributed by atoms with Crippen LogP contribution in [-0.2, 0) is 0 Å². The molecular weight excluding hydrogens is 188 g/mol. The molecule has 0 heterocycles. The number of aryl methyl sites for hydroxylation is 1. The van der Waals surface area contributed by atoms with E-state index in [0.717, 1.165) is 17.1 Å². The molecule has 0 aliphatic heterocycles. The zero-order valence-electron chi connectivity index (χ0n) is 9.62. The van der Waals surface area contributed by atoms with Crippen molar-refractivity contribution >= 4 is 0 Å². The van der Waals surface area contributed by atoms with Gasteiger partial charge >= 0.3 is 0 Å². The summed E-state index contributed by atoms with van der Waals surface area (Å²) in [4.78, 5) is 0. The van der Waals surface area contributed by atoms with Crippen LogP contribution < -0.4 is 9.47 Å². The molecule has 0 atom stereocenters. The fraction of sp³-hybridized carbons (Fsp3) is 0.538. The molecule has 2 rings (SSSR count). The summed E-state index contributed by atoms with van der Waals surface area (Å²) in [6.45, 7) is 6.12. The summed E-state index contributed by atoms with van der Waals surface area (Å²) in [5.41, 5.74) is 1.14. The first-order valence-electron chi connectivity index (χ1n) is 5.59. The van der Waals surface area contributed by atoms with Gasteiger partial charge in [-0.3, -0.25) is 0 Å². The van der Waals surface area contributed by atoms with Crippen LogP contribution in [-0.4, -0.2) is 12.2 Å². The van der Waals surface area contributed by atoms with Gasteiger partial charge in [0.05, 0.1) is 12.2 Å². The van der Waals surface area contributed by atoms with Crippen molar-refractivity contribution in [3.63, 3.8) is 0 Å². The van der Waals surface area contributed by atoms with E-state index < -0.39 is 0 Å². The van der Waals surface area contributed by atoms with Gasteiger partial charge in [-0.1, -0.05) is 12.1 Å². The molecule has 0 N–H and O–H groups in total. The minimum absolute atomic E-state index is 0.188. The highest BCUT2D eigenvalue weighted by Crippen LogP contribution is 2.36. The van der Waals surface area contributed by atoms with Gasteiger partial charge < -0.3 is 9.47 Å². The second-order valence-corrected chi connectivity index (χ2v) is 4.39. The van der Waals surface area contributed by atoms with Crippen LogP contribution in [0.2, 0.25) is 0 Å². The van der Waals surface area contributed by atoms with Gasteiger partial charge in [0.25, 0.3) is 0 Å². The Kier molecular flexibility index (Phi) is 2.85. The highest BCUT2D eigenvalue weighted by atomic mass is 16.5. The molecule has 0 amide bonds. The van der Waals surface area contributed by atoms with E-state index in [-0.39, 0.29) is 6.10 Å². The predicted octanol–water partition coefficient (Wildman–Crippen LogP) is 3.32. The van der Waals surface area contributed by atoms with Gasteiger partial charge in [-0.2, -0.15) is 0 Å². The average molecular weight is 206 g/mol. The smallest absolute Gasteiger partial charge is 0.164 e. The molecule has 0 radical (unpaired) electrons. The normalized spacial score (nSPS) is 15.5. The Morgan fingerprint density at radius 1 is 1.27 bits per heavy atom. The molecule has 1 aromatic rings. The van der Waals surface area contributed by atoms with Crippen LogP contribution in [0.4, 0.5) is 0 Å². The molecule has 1 aliphatic carbocycles. The lowest BCUT2D eigenvalue weighted by Crippen LogP contribution is -2.09. The second kappa shape index (κ2) is 4.13. The molecule has 1 fully saturated rings. The zero-order valence-corrected chi connectivity index (χ0v) is 9.62. The maximum absolute atomic E-state index is 5.81. The highest BCUT2D eigenvalue weighted by Gasteiger charge is 2.25. The minimum Gasteiger partial charge on any atom is -0.487 e. The van der Waals surface area contributed by atoms with Crippen LogP contribution >= 0.6 is 0 Å². The molecule has 0 aromatic heterocycles. The van der Waals surface area contributed by atoms with Crippen molar-refractivity contribution in [3.05, 3.63) is 23.8 Å². The van der Waals surface area contributed by atoms with Crippen LogP contribution in [0, 0.1) is 6.92 Å². The molecule has 0 bridgehead atoms. The molecule has 0 unspecified atom stereocenters. The topological polar surface area (TPSA) is 18.5 Å². The number of benzene rings is 1. The van der Waals surface area contributed by atoms with Gasteiger partial charge in [0.15, 0.2) is 11.5 Å². The average Bonchev–Trinajstić information content (AvgIpc) is 2.94. The third kappa shape index (κ3) is 2.65. The number of hydrogen-bond acceptors (Lipinski definition) is 2. The van der Waals surface area contributed by atoms with E-state index in [1.54, 1.807) is 0 Å². The molecule has 0 spiro atoms. The summed E-state index contributed by atoms with van der Waals surface area (Å²) >= 11 is 0. The van der Waals surface area contributed by atoms with E-state index in [0.29, 0.717) is 6.10 Å².